The first-order valence-corrected chi connectivity index (χ1v) is 4.19. The van der Waals surface area contributed by atoms with Crippen LogP contribution in [0.4, 0.5) is 13.2 Å². The summed E-state index contributed by atoms with van der Waals surface area (Å²) in [5, 5.41) is 17.5. The van der Waals surface area contributed by atoms with Gasteiger partial charge in [-0.1, -0.05) is 0 Å². The normalized spacial score (nSPS) is 15.5. The third-order valence-electron chi connectivity index (χ3n) is 2.30. The maximum absolute atomic E-state index is 12.0. The molecule has 1 unspecified atom stereocenters. The van der Waals surface area contributed by atoms with Crippen LogP contribution in [0, 0.1) is 0 Å². The Labute approximate surface area is 85.3 Å². The first kappa shape index (κ1) is 14.2. The van der Waals surface area contributed by atoms with Crippen LogP contribution >= 0.6 is 0 Å². The number of rotatable bonds is 4. The quantitative estimate of drug-likeness (QED) is 0.745. The Kier molecular flexibility index (Phi) is 4.12. The standard InChI is InChI=1S/C8H14F3NO3/c1-7(2,6(14)15)12(3)4-5(13)8(9,10)11/h5,13H,4H2,1-3H3,(H,14,15). The Morgan fingerprint density at radius 2 is 1.80 bits per heavy atom. The molecule has 4 nitrogen and oxygen atoms in total. The number of carboxylic acid groups (broad SMARTS) is 1. The van der Waals surface area contributed by atoms with Crippen molar-refractivity contribution in [1.29, 1.82) is 0 Å². The lowest BCUT2D eigenvalue weighted by atomic mass is 10.0. The zero-order valence-corrected chi connectivity index (χ0v) is 8.67. The first-order valence-electron chi connectivity index (χ1n) is 4.19. The highest BCUT2D eigenvalue weighted by atomic mass is 19.4. The molecule has 0 aliphatic rings. The molecule has 0 aromatic carbocycles. The number of aliphatic hydroxyl groups excluding tert-OH is 1. The van der Waals surface area contributed by atoms with Crippen molar-refractivity contribution in [3.05, 3.63) is 0 Å². The van der Waals surface area contributed by atoms with E-state index in [9.17, 15) is 18.0 Å². The van der Waals surface area contributed by atoms with Gasteiger partial charge in [-0.25, -0.2) is 0 Å². The fraction of sp³-hybridized carbons (Fsp3) is 0.875. The second-order valence-corrected chi connectivity index (χ2v) is 3.80. The smallest absolute Gasteiger partial charge is 0.415 e. The minimum Gasteiger partial charge on any atom is -0.480 e. The molecule has 0 aliphatic heterocycles. The van der Waals surface area contributed by atoms with Gasteiger partial charge >= 0.3 is 12.1 Å². The van der Waals surface area contributed by atoms with Gasteiger partial charge < -0.3 is 10.2 Å². The van der Waals surface area contributed by atoms with Crippen LogP contribution in [0.5, 0.6) is 0 Å². The monoisotopic (exact) mass is 229 g/mol. The van der Waals surface area contributed by atoms with E-state index in [1.54, 1.807) is 0 Å². The lowest BCUT2D eigenvalue weighted by molar-refractivity contribution is -0.211. The molecule has 0 amide bonds. The molecule has 0 fully saturated rings. The fourth-order valence-corrected chi connectivity index (χ4v) is 0.754. The molecule has 0 aliphatic carbocycles. The van der Waals surface area contributed by atoms with Gasteiger partial charge in [-0.15, -0.1) is 0 Å². The highest BCUT2D eigenvalue weighted by Gasteiger charge is 2.42. The molecular formula is C8H14F3NO3. The summed E-state index contributed by atoms with van der Waals surface area (Å²) in [5.41, 5.74) is -1.45. The fourth-order valence-electron chi connectivity index (χ4n) is 0.754. The zero-order chi connectivity index (χ0) is 12.4. The molecule has 0 rings (SSSR count). The van der Waals surface area contributed by atoms with E-state index in [1.807, 2.05) is 0 Å². The predicted molar refractivity (Wildman–Crippen MR) is 46.4 cm³/mol. The lowest BCUT2D eigenvalue weighted by Gasteiger charge is -2.33. The average molecular weight is 229 g/mol. The zero-order valence-electron chi connectivity index (χ0n) is 8.67. The van der Waals surface area contributed by atoms with Gasteiger partial charge in [-0.05, 0) is 20.9 Å². The number of carboxylic acids is 1. The molecule has 1 atom stereocenters. The van der Waals surface area contributed by atoms with Crippen molar-refractivity contribution in [2.75, 3.05) is 13.6 Å². The van der Waals surface area contributed by atoms with Crippen LogP contribution in [0.25, 0.3) is 0 Å². The predicted octanol–water partition coefficient (Wildman–Crippen LogP) is 0.705. The van der Waals surface area contributed by atoms with Gasteiger partial charge in [0.2, 0.25) is 0 Å². The van der Waals surface area contributed by atoms with Crippen molar-refractivity contribution < 1.29 is 28.2 Å². The summed E-state index contributed by atoms with van der Waals surface area (Å²) < 4.78 is 35.9. The van der Waals surface area contributed by atoms with Crippen LogP contribution in [0.1, 0.15) is 13.8 Å². The van der Waals surface area contributed by atoms with Crippen molar-refractivity contribution in [1.82, 2.24) is 4.90 Å². The van der Waals surface area contributed by atoms with Crippen LogP contribution in [0.3, 0.4) is 0 Å². The Hall–Kier alpha value is -0.820. The van der Waals surface area contributed by atoms with E-state index in [0.29, 0.717) is 0 Å². The maximum atomic E-state index is 12.0. The van der Waals surface area contributed by atoms with Gasteiger partial charge in [-0.2, -0.15) is 13.2 Å². The van der Waals surface area contributed by atoms with Crippen LogP contribution in [0.2, 0.25) is 0 Å². The summed E-state index contributed by atoms with van der Waals surface area (Å²) >= 11 is 0. The summed E-state index contributed by atoms with van der Waals surface area (Å²) in [5.74, 6) is -1.25. The summed E-state index contributed by atoms with van der Waals surface area (Å²) in [6, 6.07) is 0. The third kappa shape index (κ3) is 3.67. The number of aliphatic hydroxyl groups is 1. The van der Waals surface area contributed by atoms with E-state index in [-0.39, 0.29) is 0 Å². The molecule has 7 heteroatoms. The van der Waals surface area contributed by atoms with Crippen molar-refractivity contribution in [2.24, 2.45) is 0 Å². The van der Waals surface area contributed by atoms with Gasteiger partial charge in [0.05, 0.1) is 0 Å². The molecular weight excluding hydrogens is 215 g/mol. The first-order chi connectivity index (χ1) is 6.49. The topological polar surface area (TPSA) is 60.8 Å². The van der Waals surface area contributed by atoms with E-state index >= 15 is 0 Å². The summed E-state index contributed by atoms with van der Waals surface area (Å²) in [7, 11) is 1.21. The Bertz CT molecular complexity index is 240. The minimum atomic E-state index is -4.73. The second kappa shape index (κ2) is 4.36. The molecule has 0 aromatic rings. The van der Waals surface area contributed by atoms with E-state index < -0.39 is 30.3 Å². The number of β-amino-alcohol motifs (C(OH)–C–C–N with tert-alkyl or cyclic N) is 1. The Morgan fingerprint density at radius 1 is 1.40 bits per heavy atom. The largest absolute Gasteiger partial charge is 0.480 e. The third-order valence-corrected chi connectivity index (χ3v) is 2.30. The van der Waals surface area contributed by atoms with Gasteiger partial charge in [-0.3, -0.25) is 9.69 Å². The number of halogens is 3. The number of aliphatic carboxylic acids is 1. The molecule has 2 N–H and O–H groups in total. The molecule has 0 radical (unpaired) electrons. The SMILES string of the molecule is CN(CC(O)C(F)(F)F)C(C)(C)C(=O)O. The highest BCUT2D eigenvalue weighted by Crippen LogP contribution is 2.22. The molecule has 0 saturated carbocycles. The number of hydrogen-bond acceptors (Lipinski definition) is 3. The van der Waals surface area contributed by atoms with Crippen LogP contribution in [0.15, 0.2) is 0 Å². The van der Waals surface area contributed by atoms with Crippen molar-refractivity contribution >= 4 is 5.97 Å². The Morgan fingerprint density at radius 3 is 2.07 bits per heavy atom. The lowest BCUT2D eigenvalue weighted by Crippen LogP contribution is -2.52. The molecule has 0 heterocycles. The maximum Gasteiger partial charge on any atom is 0.415 e. The summed E-state index contributed by atoms with van der Waals surface area (Å²) in [4.78, 5) is 11.6. The number of carbonyl (C=O) groups is 1. The molecule has 0 saturated heterocycles. The number of likely N-dealkylation sites (N-methyl/N-ethyl adjacent to an activating group) is 1. The second-order valence-electron chi connectivity index (χ2n) is 3.80. The Balaban J connectivity index is 4.50. The number of nitrogens with zero attached hydrogens (tertiary/aromatic N) is 1. The van der Waals surface area contributed by atoms with Crippen molar-refractivity contribution in [3.8, 4) is 0 Å². The van der Waals surface area contributed by atoms with E-state index in [0.717, 1.165) is 4.90 Å². The van der Waals surface area contributed by atoms with Gasteiger partial charge in [0.25, 0.3) is 0 Å². The van der Waals surface area contributed by atoms with Gasteiger partial charge in [0.15, 0.2) is 6.10 Å². The molecule has 0 aromatic heterocycles. The molecule has 0 spiro atoms. The van der Waals surface area contributed by atoms with Crippen molar-refractivity contribution in [3.63, 3.8) is 0 Å². The van der Waals surface area contributed by atoms with E-state index in [4.69, 9.17) is 10.2 Å². The van der Waals surface area contributed by atoms with Crippen LogP contribution < -0.4 is 0 Å². The molecule has 15 heavy (non-hydrogen) atoms. The summed E-state index contributed by atoms with van der Waals surface area (Å²) in [6.45, 7) is 1.75. The average Bonchev–Trinajstić information content (AvgIpc) is 2.01. The van der Waals surface area contributed by atoms with Crippen LogP contribution in [-0.4, -0.2) is 52.5 Å². The van der Waals surface area contributed by atoms with E-state index in [2.05, 4.69) is 0 Å². The van der Waals surface area contributed by atoms with Gasteiger partial charge in [0, 0.05) is 6.54 Å². The molecule has 90 valence electrons. The minimum absolute atomic E-state index is 0.775. The van der Waals surface area contributed by atoms with Crippen LogP contribution in [-0.2, 0) is 4.79 Å². The van der Waals surface area contributed by atoms with Gasteiger partial charge in [0.1, 0.15) is 5.54 Å². The number of hydrogen-bond donors (Lipinski definition) is 2. The van der Waals surface area contributed by atoms with Crippen molar-refractivity contribution in [2.45, 2.75) is 31.7 Å². The number of alkyl halides is 3. The van der Waals surface area contributed by atoms with E-state index in [1.165, 1.54) is 20.9 Å². The summed E-state index contributed by atoms with van der Waals surface area (Å²) in [6.07, 6.45) is -7.27. The highest BCUT2D eigenvalue weighted by molar-refractivity contribution is 5.77. The molecule has 0 bridgehead atoms.